The van der Waals surface area contributed by atoms with Gasteiger partial charge in [-0.15, -0.1) is 0 Å². The summed E-state index contributed by atoms with van der Waals surface area (Å²) in [5, 5.41) is 0. The van der Waals surface area contributed by atoms with Crippen molar-refractivity contribution in [2.24, 2.45) is 0 Å². The van der Waals surface area contributed by atoms with Crippen LogP contribution in [0, 0.1) is 5.82 Å². The van der Waals surface area contributed by atoms with Gasteiger partial charge in [0.2, 0.25) is 0 Å². The molecule has 1 aromatic carbocycles. The Hall–Kier alpha value is -0.515. The largest absolute Gasteiger partial charge is 0.494 e. The van der Waals surface area contributed by atoms with E-state index < -0.39 is 18.3 Å². The van der Waals surface area contributed by atoms with Crippen LogP contribution < -0.4 is 5.46 Å². The summed E-state index contributed by atoms with van der Waals surface area (Å²) in [6, 6.07) is 5.22. The third kappa shape index (κ3) is 2.83. The Kier molecular flexibility index (Phi) is 4.01. The van der Waals surface area contributed by atoms with Gasteiger partial charge in [-0.3, -0.25) is 0 Å². The van der Waals surface area contributed by atoms with Gasteiger partial charge in [-0.05, 0) is 51.0 Å². The molecule has 0 spiro atoms. The second-order valence-corrected chi connectivity index (χ2v) is 6.74. The van der Waals surface area contributed by atoms with Crippen molar-refractivity contribution in [3.63, 3.8) is 0 Å². The molecule has 0 saturated carbocycles. The summed E-state index contributed by atoms with van der Waals surface area (Å²) in [5.74, 6) is 0.483. The second kappa shape index (κ2) is 5.11. The van der Waals surface area contributed by atoms with Crippen molar-refractivity contribution < 1.29 is 13.7 Å². The first-order chi connectivity index (χ1) is 8.77. The van der Waals surface area contributed by atoms with Crippen LogP contribution in [-0.4, -0.2) is 24.6 Å². The zero-order chi connectivity index (χ0) is 14.3. The standard InChI is InChI=1S/C14H20BFO2S/c1-13(2)14(3,4)18-15(17-13)11-7-6-10(9-19-5)12(16)8-11/h6-8H,9H2,1-5H3. The molecule has 1 aromatic rings. The molecule has 0 radical (unpaired) electrons. The van der Waals surface area contributed by atoms with Crippen LogP contribution in [0.25, 0.3) is 0 Å². The molecule has 2 nitrogen and oxygen atoms in total. The fourth-order valence-electron chi connectivity index (χ4n) is 1.96. The highest BCUT2D eigenvalue weighted by atomic mass is 32.2. The molecule has 5 heteroatoms. The fourth-order valence-corrected chi connectivity index (χ4v) is 2.51. The Labute approximate surface area is 119 Å². The Balaban J connectivity index is 2.23. The molecule has 1 heterocycles. The van der Waals surface area contributed by atoms with Crippen LogP contribution in [0.4, 0.5) is 4.39 Å². The molecule has 0 aliphatic carbocycles. The predicted octanol–water partition coefficient (Wildman–Crippen LogP) is 2.99. The van der Waals surface area contributed by atoms with E-state index in [1.165, 1.54) is 6.07 Å². The van der Waals surface area contributed by atoms with Gasteiger partial charge >= 0.3 is 7.12 Å². The van der Waals surface area contributed by atoms with Gasteiger partial charge in [0, 0.05) is 5.75 Å². The number of hydrogen-bond acceptors (Lipinski definition) is 3. The maximum Gasteiger partial charge on any atom is 0.494 e. The predicted molar refractivity (Wildman–Crippen MR) is 79.3 cm³/mol. The van der Waals surface area contributed by atoms with Crippen molar-refractivity contribution >= 4 is 24.3 Å². The van der Waals surface area contributed by atoms with Crippen LogP contribution in [0.2, 0.25) is 0 Å². The van der Waals surface area contributed by atoms with Crippen molar-refractivity contribution in [2.45, 2.75) is 44.6 Å². The van der Waals surface area contributed by atoms with Crippen LogP contribution in [0.1, 0.15) is 33.3 Å². The molecule has 0 atom stereocenters. The molecular formula is C14H20BFO2S. The summed E-state index contributed by atoms with van der Waals surface area (Å²) in [6.07, 6.45) is 1.96. The van der Waals surface area contributed by atoms with E-state index in [0.29, 0.717) is 11.3 Å². The number of rotatable bonds is 3. The first-order valence-corrected chi connectivity index (χ1v) is 7.79. The van der Waals surface area contributed by atoms with Crippen LogP contribution in [-0.2, 0) is 15.1 Å². The molecule has 0 amide bonds. The molecule has 0 unspecified atom stereocenters. The van der Waals surface area contributed by atoms with Crippen LogP contribution in [0.15, 0.2) is 18.2 Å². The van der Waals surface area contributed by atoms with Gasteiger partial charge in [0.05, 0.1) is 11.2 Å². The van der Waals surface area contributed by atoms with Gasteiger partial charge in [-0.2, -0.15) is 11.8 Å². The maximum absolute atomic E-state index is 14.0. The van der Waals surface area contributed by atoms with Crippen molar-refractivity contribution in [2.75, 3.05) is 6.26 Å². The maximum atomic E-state index is 14.0. The van der Waals surface area contributed by atoms with Crippen molar-refractivity contribution in [3.05, 3.63) is 29.6 Å². The van der Waals surface area contributed by atoms with Gasteiger partial charge in [0.25, 0.3) is 0 Å². The SMILES string of the molecule is CSCc1ccc(B2OC(C)(C)C(C)(C)O2)cc1F. The summed E-state index contributed by atoms with van der Waals surface area (Å²) in [7, 11) is -0.497. The van der Waals surface area contributed by atoms with E-state index >= 15 is 0 Å². The average Bonchev–Trinajstić information content (AvgIpc) is 2.51. The minimum atomic E-state index is -0.497. The van der Waals surface area contributed by atoms with E-state index in [-0.39, 0.29) is 5.82 Å². The lowest BCUT2D eigenvalue weighted by atomic mass is 9.79. The Morgan fingerprint density at radius 1 is 1.16 bits per heavy atom. The van der Waals surface area contributed by atoms with E-state index in [1.807, 2.05) is 46.1 Å². The Bertz CT molecular complexity index is 461. The van der Waals surface area contributed by atoms with Crippen molar-refractivity contribution in [1.82, 2.24) is 0 Å². The highest BCUT2D eigenvalue weighted by Crippen LogP contribution is 2.36. The van der Waals surface area contributed by atoms with Crippen LogP contribution in [0.5, 0.6) is 0 Å². The lowest BCUT2D eigenvalue weighted by molar-refractivity contribution is 0.00578. The van der Waals surface area contributed by atoms with E-state index in [4.69, 9.17) is 9.31 Å². The summed E-state index contributed by atoms with van der Waals surface area (Å²) in [6.45, 7) is 7.97. The third-order valence-corrected chi connectivity index (χ3v) is 4.50. The summed E-state index contributed by atoms with van der Waals surface area (Å²) in [5.41, 5.74) is 0.659. The lowest BCUT2D eigenvalue weighted by Crippen LogP contribution is -2.41. The fraction of sp³-hybridized carbons (Fsp3) is 0.571. The van der Waals surface area contributed by atoms with Crippen LogP contribution in [0.3, 0.4) is 0 Å². The van der Waals surface area contributed by atoms with Gasteiger partial charge in [0.15, 0.2) is 0 Å². The van der Waals surface area contributed by atoms with Crippen molar-refractivity contribution in [3.8, 4) is 0 Å². The molecule has 1 fully saturated rings. The molecule has 0 N–H and O–H groups in total. The molecule has 1 aliphatic rings. The van der Waals surface area contributed by atoms with E-state index in [0.717, 1.165) is 5.46 Å². The molecule has 2 rings (SSSR count). The first-order valence-electron chi connectivity index (χ1n) is 6.40. The van der Waals surface area contributed by atoms with E-state index in [9.17, 15) is 4.39 Å². The molecular weight excluding hydrogens is 262 g/mol. The molecule has 1 aliphatic heterocycles. The molecule has 19 heavy (non-hydrogen) atoms. The molecule has 1 saturated heterocycles. The van der Waals surface area contributed by atoms with Gasteiger partial charge in [0.1, 0.15) is 5.82 Å². The summed E-state index contributed by atoms with van der Waals surface area (Å²) < 4.78 is 25.8. The number of thioether (sulfide) groups is 1. The minimum Gasteiger partial charge on any atom is -0.399 e. The average molecular weight is 282 g/mol. The quantitative estimate of drug-likeness (QED) is 0.794. The Morgan fingerprint density at radius 2 is 1.74 bits per heavy atom. The molecule has 0 aromatic heterocycles. The topological polar surface area (TPSA) is 18.5 Å². The summed E-state index contributed by atoms with van der Waals surface area (Å²) >= 11 is 1.60. The minimum absolute atomic E-state index is 0.193. The van der Waals surface area contributed by atoms with Crippen molar-refractivity contribution in [1.29, 1.82) is 0 Å². The van der Waals surface area contributed by atoms with Gasteiger partial charge in [-0.1, -0.05) is 12.1 Å². The first kappa shape index (κ1) is 14.9. The zero-order valence-corrected chi connectivity index (χ0v) is 12.9. The molecule has 104 valence electrons. The van der Waals surface area contributed by atoms with E-state index in [2.05, 4.69) is 0 Å². The Morgan fingerprint density at radius 3 is 2.21 bits per heavy atom. The zero-order valence-electron chi connectivity index (χ0n) is 12.1. The summed E-state index contributed by atoms with van der Waals surface area (Å²) in [4.78, 5) is 0. The van der Waals surface area contributed by atoms with E-state index in [1.54, 1.807) is 11.8 Å². The van der Waals surface area contributed by atoms with Gasteiger partial charge in [-0.25, -0.2) is 4.39 Å². The number of benzene rings is 1. The molecule has 0 bridgehead atoms. The smallest absolute Gasteiger partial charge is 0.399 e. The monoisotopic (exact) mass is 282 g/mol. The van der Waals surface area contributed by atoms with Gasteiger partial charge < -0.3 is 9.31 Å². The van der Waals surface area contributed by atoms with Crippen LogP contribution >= 0.6 is 11.8 Å². The number of hydrogen-bond donors (Lipinski definition) is 0. The number of halogens is 1. The normalized spacial score (nSPS) is 20.8. The second-order valence-electron chi connectivity index (χ2n) is 5.87. The highest BCUT2D eigenvalue weighted by molar-refractivity contribution is 7.97. The highest BCUT2D eigenvalue weighted by Gasteiger charge is 2.51. The lowest BCUT2D eigenvalue weighted by Gasteiger charge is -2.32. The third-order valence-electron chi connectivity index (χ3n) is 3.90.